The van der Waals surface area contributed by atoms with Crippen LogP contribution in [0.15, 0.2) is 61.1 Å². The fourth-order valence-electron chi connectivity index (χ4n) is 5.37. The van der Waals surface area contributed by atoms with Gasteiger partial charge in [0.25, 0.3) is 0 Å². The molecule has 45 heavy (non-hydrogen) atoms. The maximum absolute atomic E-state index is 14.0. The maximum atomic E-state index is 14.0. The Balaban J connectivity index is 1.35. The van der Waals surface area contributed by atoms with Crippen molar-refractivity contribution >= 4 is 17.6 Å². The zero-order valence-electron chi connectivity index (χ0n) is 23.8. The van der Waals surface area contributed by atoms with Crippen LogP contribution in [0.4, 0.5) is 26.3 Å². The van der Waals surface area contributed by atoms with E-state index in [-0.39, 0.29) is 43.5 Å². The SMILES string of the molecule is CCOC(=O)c1cnn(-c2cncc(-c3cc(Cl)ccc3OCc3ccc([C@H]4CC[C@@H](C(F)(F)F)CC4)cc3)n2)c1C(F)(F)F. The average Bonchev–Trinajstić information content (AvgIpc) is 3.47. The molecular weight excluding hydrogens is 626 g/mol. The summed E-state index contributed by atoms with van der Waals surface area (Å²) in [4.78, 5) is 20.5. The fraction of sp³-hybridized carbons (Fsp3) is 0.355. The summed E-state index contributed by atoms with van der Waals surface area (Å²) < 4.78 is 92.4. The topological polar surface area (TPSA) is 79.1 Å². The van der Waals surface area contributed by atoms with Gasteiger partial charge in [-0.3, -0.25) is 4.98 Å². The number of halogens is 7. The number of hydrogen-bond acceptors (Lipinski definition) is 6. The van der Waals surface area contributed by atoms with Crippen LogP contribution in [0.25, 0.3) is 17.1 Å². The van der Waals surface area contributed by atoms with E-state index in [1.165, 1.54) is 19.2 Å². The Kier molecular flexibility index (Phi) is 9.38. The molecule has 1 fully saturated rings. The van der Waals surface area contributed by atoms with E-state index in [1.54, 1.807) is 12.1 Å². The summed E-state index contributed by atoms with van der Waals surface area (Å²) in [7, 11) is 0. The third-order valence-electron chi connectivity index (χ3n) is 7.63. The van der Waals surface area contributed by atoms with Crippen LogP contribution in [0.3, 0.4) is 0 Å². The summed E-state index contributed by atoms with van der Waals surface area (Å²) in [6.45, 7) is 1.47. The Morgan fingerprint density at radius 2 is 1.69 bits per heavy atom. The highest BCUT2D eigenvalue weighted by molar-refractivity contribution is 6.31. The summed E-state index contributed by atoms with van der Waals surface area (Å²) in [5, 5.41) is 4.06. The molecule has 4 aromatic rings. The molecule has 7 nitrogen and oxygen atoms in total. The lowest BCUT2D eigenvalue weighted by atomic mass is 9.78. The Hall–Kier alpha value is -4.13. The van der Waals surface area contributed by atoms with Gasteiger partial charge in [-0.15, -0.1) is 0 Å². The molecule has 1 aliphatic carbocycles. The molecule has 0 unspecified atom stereocenters. The summed E-state index contributed by atoms with van der Waals surface area (Å²) in [6, 6.07) is 12.2. The second-order valence-electron chi connectivity index (χ2n) is 10.6. The molecule has 1 aliphatic rings. The Labute approximate surface area is 259 Å². The van der Waals surface area contributed by atoms with Crippen molar-refractivity contribution < 1.29 is 40.6 Å². The maximum Gasteiger partial charge on any atom is 0.434 e. The van der Waals surface area contributed by atoms with Gasteiger partial charge in [-0.25, -0.2) is 14.5 Å². The Morgan fingerprint density at radius 1 is 0.978 bits per heavy atom. The second-order valence-corrected chi connectivity index (χ2v) is 11.0. The van der Waals surface area contributed by atoms with Crippen molar-refractivity contribution in [3.05, 3.63) is 88.5 Å². The normalized spacial score (nSPS) is 17.2. The molecule has 0 N–H and O–H groups in total. The summed E-state index contributed by atoms with van der Waals surface area (Å²) in [6.07, 6.45) is -4.77. The van der Waals surface area contributed by atoms with Gasteiger partial charge in [-0.05, 0) is 67.9 Å². The number of ether oxygens (including phenoxy) is 2. The molecule has 14 heteroatoms. The van der Waals surface area contributed by atoms with Gasteiger partial charge in [0.2, 0.25) is 0 Å². The minimum atomic E-state index is -4.96. The predicted octanol–water partition coefficient (Wildman–Crippen LogP) is 8.59. The van der Waals surface area contributed by atoms with Crippen molar-refractivity contribution in [2.45, 2.75) is 57.5 Å². The van der Waals surface area contributed by atoms with E-state index in [0.29, 0.717) is 33.9 Å². The van der Waals surface area contributed by atoms with Crippen LogP contribution < -0.4 is 4.74 Å². The highest BCUT2D eigenvalue weighted by Gasteiger charge is 2.42. The molecular formula is C31H27ClF6N4O3. The molecule has 2 aromatic carbocycles. The van der Waals surface area contributed by atoms with E-state index in [9.17, 15) is 31.1 Å². The number of carbonyl (C=O) groups excluding carboxylic acids is 1. The average molecular weight is 653 g/mol. The van der Waals surface area contributed by atoms with Crippen molar-refractivity contribution in [1.82, 2.24) is 19.7 Å². The number of benzene rings is 2. The zero-order valence-corrected chi connectivity index (χ0v) is 24.6. The van der Waals surface area contributed by atoms with E-state index in [1.807, 2.05) is 24.3 Å². The van der Waals surface area contributed by atoms with Crippen molar-refractivity contribution in [2.24, 2.45) is 5.92 Å². The van der Waals surface area contributed by atoms with Crippen molar-refractivity contribution in [1.29, 1.82) is 0 Å². The van der Waals surface area contributed by atoms with E-state index < -0.39 is 35.5 Å². The first-order chi connectivity index (χ1) is 21.3. The molecule has 0 radical (unpaired) electrons. The van der Waals surface area contributed by atoms with Crippen LogP contribution in [-0.4, -0.2) is 38.5 Å². The molecule has 238 valence electrons. The van der Waals surface area contributed by atoms with E-state index in [2.05, 4.69) is 15.1 Å². The highest BCUT2D eigenvalue weighted by atomic mass is 35.5. The molecule has 0 aliphatic heterocycles. The fourth-order valence-corrected chi connectivity index (χ4v) is 5.54. The van der Waals surface area contributed by atoms with Crippen LogP contribution in [0, 0.1) is 5.92 Å². The van der Waals surface area contributed by atoms with Gasteiger partial charge >= 0.3 is 18.3 Å². The number of aromatic nitrogens is 4. The largest absolute Gasteiger partial charge is 0.488 e. The number of hydrogen-bond donors (Lipinski definition) is 0. The third-order valence-corrected chi connectivity index (χ3v) is 7.86. The smallest absolute Gasteiger partial charge is 0.434 e. The van der Waals surface area contributed by atoms with Gasteiger partial charge in [0, 0.05) is 10.6 Å². The number of alkyl halides is 6. The molecule has 2 heterocycles. The highest BCUT2D eigenvalue weighted by Crippen LogP contribution is 2.43. The summed E-state index contributed by atoms with van der Waals surface area (Å²) in [5.74, 6) is -2.33. The van der Waals surface area contributed by atoms with Crippen molar-refractivity contribution in [3.63, 3.8) is 0 Å². The monoisotopic (exact) mass is 652 g/mol. The third kappa shape index (κ3) is 7.41. The van der Waals surface area contributed by atoms with Crippen LogP contribution in [-0.2, 0) is 17.5 Å². The van der Waals surface area contributed by atoms with Crippen LogP contribution in [0.1, 0.15) is 65.7 Å². The van der Waals surface area contributed by atoms with E-state index in [0.717, 1.165) is 23.5 Å². The minimum Gasteiger partial charge on any atom is -0.488 e. The first kappa shape index (κ1) is 32.3. The molecule has 0 atom stereocenters. The number of nitrogens with zero attached hydrogens (tertiary/aromatic N) is 4. The molecule has 1 saturated carbocycles. The first-order valence-corrected chi connectivity index (χ1v) is 14.5. The van der Waals surface area contributed by atoms with Gasteiger partial charge in [-0.2, -0.15) is 31.4 Å². The molecule has 0 amide bonds. The number of carbonyl (C=O) groups is 1. The minimum absolute atomic E-state index is 0.0632. The molecule has 0 spiro atoms. The van der Waals surface area contributed by atoms with Crippen molar-refractivity contribution in [3.8, 4) is 22.8 Å². The summed E-state index contributed by atoms with van der Waals surface area (Å²) >= 11 is 6.23. The standard InChI is InChI=1S/C31H27ClF6N4O3/c1-2-44-29(43)24-14-40-42(28(24)31(36,37)38)27-16-39-15-25(41-27)23-13-22(32)11-12-26(23)45-17-18-3-5-19(6-4-18)20-7-9-21(10-8-20)30(33,34)35/h3-6,11-16,20-21H,2,7-10,17H2,1H3/t20-,21+. The lowest BCUT2D eigenvalue weighted by Gasteiger charge is -2.30. The molecule has 5 rings (SSSR count). The number of rotatable bonds is 8. The first-order valence-electron chi connectivity index (χ1n) is 14.1. The number of esters is 1. The Morgan fingerprint density at radius 3 is 2.33 bits per heavy atom. The molecule has 0 saturated heterocycles. The zero-order chi connectivity index (χ0) is 32.4. The predicted molar refractivity (Wildman–Crippen MR) is 152 cm³/mol. The van der Waals surface area contributed by atoms with Crippen LogP contribution >= 0.6 is 11.6 Å². The van der Waals surface area contributed by atoms with E-state index in [4.69, 9.17) is 21.1 Å². The van der Waals surface area contributed by atoms with Crippen molar-refractivity contribution in [2.75, 3.05) is 6.61 Å². The molecule has 2 aromatic heterocycles. The van der Waals surface area contributed by atoms with Gasteiger partial charge in [0.1, 0.15) is 17.9 Å². The quantitative estimate of drug-likeness (QED) is 0.140. The second kappa shape index (κ2) is 13.1. The van der Waals surface area contributed by atoms with Gasteiger partial charge < -0.3 is 9.47 Å². The van der Waals surface area contributed by atoms with Gasteiger partial charge in [-0.1, -0.05) is 35.9 Å². The Bertz CT molecular complexity index is 1650. The van der Waals surface area contributed by atoms with E-state index >= 15 is 0 Å². The van der Waals surface area contributed by atoms with Gasteiger partial charge in [0.15, 0.2) is 11.5 Å². The lowest BCUT2D eigenvalue weighted by molar-refractivity contribution is -0.182. The van der Waals surface area contributed by atoms with Crippen LogP contribution in [0.2, 0.25) is 5.02 Å². The lowest BCUT2D eigenvalue weighted by Crippen LogP contribution is -2.27. The van der Waals surface area contributed by atoms with Crippen LogP contribution in [0.5, 0.6) is 5.75 Å². The van der Waals surface area contributed by atoms with Gasteiger partial charge in [0.05, 0.1) is 36.8 Å². The molecule has 0 bridgehead atoms. The summed E-state index contributed by atoms with van der Waals surface area (Å²) in [5.41, 5.74) is 0.135.